The Labute approximate surface area is 185 Å². The number of esters is 1. The first-order valence-corrected chi connectivity index (χ1v) is 10.2. The number of allylic oxidation sites excluding steroid dienone is 1. The predicted octanol–water partition coefficient (Wildman–Crippen LogP) is 3.81. The highest BCUT2D eigenvalue weighted by Crippen LogP contribution is 2.45. The van der Waals surface area contributed by atoms with Gasteiger partial charge in [0.05, 0.1) is 18.6 Å². The SMILES string of the molecule is CCCc1[nH]nc2c1[C@@H](c1ccc(OC)c(OC(=O)c3ccccc3)c1)C(C#N)=C(N)O2. The summed E-state index contributed by atoms with van der Waals surface area (Å²) in [7, 11) is 1.50. The number of rotatable bonds is 6. The van der Waals surface area contributed by atoms with E-state index < -0.39 is 11.9 Å². The molecule has 3 aromatic rings. The molecule has 1 aliphatic heterocycles. The Balaban J connectivity index is 1.80. The molecule has 0 amide bonds. The Kier molecular flexibility index (Phi) is 5.81. The lowest BCUT2D eigenvalue weighted by Crippen LogP contribution is -2.21. The molecule has 0 fully saturated rings. The van der Waals surface area contributed by atoms with Crippen LogP contribution in [0.1, 0.15) is 46.4 Å². The van der Waals surface area contributed by atoms with Crippen LogP contribution in [0.25, 0.3) is 0 Å². The van der Waals surface area contributed by atoms with Crippen LogP contribution in [0.4, 0.5) is 0 Å². The Hall–Kier alpha value is -4.25. The summed E-state index contributed by atoms with van der Waals surface area (Å²) in [5, 5.41) is 17.1. The topological polar surface area (TPSA) is 123 Å². The van der Waals surface area contributed by atoms with Crippen molar-refractivity contribution in [1.82, 2.24) is 10.2 Å². The second-order valence-corrected chi connectivity index (χ2v) is 7.26. The number of nitrogens with two attached hydrogens (primary N) is 1. The first-order valence-electron chi connectivity index (χ1n) is 10.2. The summed E-state index contributed by atoms with van der Waals surface area (Å²) >= 11 is 0. The third kappa shape index (κ3) is 3.76. The molecule has 3 N–H and O–H groups in total. The van der Waals surface area contributed by atoms with Gasteiger partial charge < -0.3 is 19.9 Å². The van der Waals surface area contributed by atoms with Gasteiger partial charge >= 0.3 is 5.97 Å². The number of nitriles is 1. The molecule has 0 bridgehead atoms. The number of fused-ring (bicyclic) bond motifs is 1. The number of carbonyl (C=O) groups is 1. The highest BCUT2D eigenvalue weighted by molar-refractivity contribution is 5.91. The van der Waals surface area contributed by atoms with Gasteiger partial charge in [-0.05, 0) is 36.2 Å². The van der Waals surface area contributed by atoms with Gasteiger partial charge in [0.25, 0.3) is 0 Å². The summed E-state index contributed by atoms with van der Waals surface area (Å²) < 4.78 is 16.6. The second kappa shape index (κ2) is 8.86. The fraction of sp³-hybridized carbons (Fsp3) is 0.208. The van der Waals surface area contributed by atoms with Crippen LogP contribution in [0.2, 0.25) is 0 Å². The van der Waals surface area contributed by atoms with Crippen molar-refractivity contribution in [3.05, 3.63) is 82.4 Å². The molecule has 1 aliphatic rings. The summed E-state index contributed by atoms with van der Waals surface area (Å²) in [6.07, 6.45) is 1.61. The molecule has 2 aromatic carbocycles. The molecule has 0 saturated heterocycles. The lowest BCUT2D eigenvalue weighted by molar-refractivity contribution is 0.0729. The van der Waals surface area contributed by atoms with Crippen molar-refractivity contribution in [1.29, 1.82) is 5.26 Å². The van der Waals surface area contributed by atoms with E-state index in [4.69, 9.17) is 19.9 Å². The highest BCUT2D eigenvalue weighted by Gasteiger charge is 2.35. The van der Waals surface area contributed by atoms with Crippen LogP contribution in [0, 0.1) is 11.3 Å². The zero-order valence-corrected chi connectivity index (χ0v) is 17.7. The van der Waals surface area contributed by atoms with Crippen molar-refractivity contribution in [2.24, 2.45) is 5.73 Å². The van der Waals surface area contributed by atoms with Gasteiger partial charge in [0, 0.05) is 11.3 Å². The number of hydrogen-bond acceptors (Lipinski definition) is 7. The number of nitrogens with one attached hydrogen (secondary N) is 1. The molecule has 2 heterocycles. The number of hydrogen-bond donors (Lipinski definition) is 2. The maximum absolute atomic E-state index is 12.6. The van der Waals surface area contributed by atoms with E-state index in [2.05, 4.69) is 23.2 Å². The lowest BCUT2D eigenvalue weighted by Gasteiger charge is -2.24. The number of carbonyl (C=O) groups excluding carboxylic acids is 1. The number of benzene rings is 2. The van der Waals surface area contributed by atoms with Crippen molar-refractivity contribution < 1.29 is 19.0 Å². The molecule has 0 radical (unpaired) electrons. The van der Waals surface area contributed by atoms with Crippen molar-refractivity contribution in [3.63, 3.8) is 0 Å². The molecule has 0 spiro atoms. The maximum atomic E-state index is 12.6. The van der Waals surface area contributed by atoms with Gasteiger partial charge in [0.15, 0.2) is 11.5 Å². The first-order chi connectivity index (χ1) is 15.6. The molecule has 1 atom stereocenters. The maximum Gasteiger partial charge on any atom is 0.343 e. The molecule has 4 rings (SSSR count). The predicted molar refractivity (Wildman–Crippen MR) is 116 cm³/mol. The minimum absolute atomic E-state index is 0.00167. The van der Waals surface area contributed by atoms with E-state index in [9.17, 15) is 10.1 Å². The highest BCUT2D eigenvalue weighted by atomic mass is 16.6. The molecule has 1 aromatic heterocycles. The third-order valence-corrected chi connectivity index (χ3v) is 5.25. The lowest BCUT2D eigenvalue weighted by atomic mass is 9.83. The first kappa shape index (κ1) is 21.0. The van der Waals surface area contributed by atoms with Gasteiger partial charge in [-0.15, -0.1) is 5.10 Å². The molecular weight excluding hydrogens is 408 g/mol. The van der Waals surface area contributed by atoms with Crippen LogP contribution < -0.4 is 19.9 Å². The Bertz CT molecular complexity index is 1220. The van der Waals surface area contributed by atoms with Crippen LogP contribution >= 0.6 is 0 Å². The summed E-state index contributed by atoms with van der Waals surface area (Å²) in [6.45, 7) is 2.05. The van der Waals surface area contributed by atoms with E-state index in [0.717, 1.165) is 24.1 Å². The number of aromatic nitrogens is 2. The summed E-state index contributed by atoms with van der Waals surface area (Å²) in [6, 6.07) is 16.0. The quantitative estimate of drug-likeness (QED) is 0.450. The van der Waals surface area contributed by atoms with E-state index in [0.29, 0.717) is 22.8 Å². The van der Waals surface area contributed by atoms with Gasteiger partial charge in [-0.25, -0.2) is 4.79 Å². The molecule has 8 nitrogen and oxygen atoms in total. The molecule has 0 unspecified atom stereocenters. The number of aryl methyl sites for hydroxylation is 1. The fourth-order valence-electron chi connectivity index (χ4n) is 3.77. The van der Waals surface area contributed by atoms with Gasteiger partial charge in [0.2, 0.25) is 11.8 Å². The van der Waals surface area contributed by atoms with Gasteiger partial charge in [-0.1, -0.05) is 37.6 Å². The van der Waals surface area contributed by atoms with E-state index in [1.165, 1.54) is 7.11 Å². The van der Waals surface area contributed by atoms with Crippen molar-refractivity contribution in [3.8, 4) is 23.4 Å². The smallest absolute Gasteiger partial charge is 0.343 e. The largest absolute Gasteiger partial charge is 0.493 e. The number of ether oxygens (including phenoxy) is 3. The van der Waals surface area contributed by atoms with Crippen LogP contribution in [0.3, 0.4) is 0 Å². The molecular formula is C24H22N4O4. The Morgan fingerprint density at radius 1 is 1.25 bits per heavy atom. The van der Waals surface area contributed by atoms with Crippen LogP contribution in [-0.2, 0) is 6.42 Å². The second-order valence-electron chi connectivity index (χ2n) is 7.26. The fourth-order valence-corrected chi connectivity index (χ4v) is 3.77. The molecule has 162 valence electrons. The summed E-state index contributed by atoms with van der Waals surface area (Å²) in [4.78, 5) is 12.6. The minimum atomic E-state index is -0.524. The monoisotopic (exact) mass is 430 g/mol. The van der Waals surface area contributed by atoms with Gasteiger partial charge in [-0.3, -0.25) is 5.10 Å². The van der Waals surface area contributed by atoms with Crippen LogP contribution in [-0.4, -0.2) is 23.3 Å². The van der Waals surface area contributed by atoms with E-state index in [1.807, 2.05) is 12.1 Å². The van der Waals surface area contributed by atoms with Crippen LogP contribution in [0.15, 0.2) is 60.0 Å². The third-order valence-electron chi connectivity index (χ3n) is 5.25. The number of methoxy groups -OCH3 is 1. The van der Waals surface area contributed by atoms with Gasteiger partial charge in [0.1, 0.15) is 11.6 Å². The molecule has 32 heavy (non-hydrogen) atoms. The van der Waals surface area contributed by atoms with Crippen molar-refractivity contribution in [2.45, 2.75) is 25.7 Å². The molecule has 0 saturated carbocycles. The summed E-state index contributed by atoms with van der Waals surface area (Å²) in [5.41, 5.74) is 9.03. The standard InChI is InChI=1S/C24H22N4O4/c1-3-7-17-21-20(16(13-25)22(26)32-23(21)28-27-17)15-10-11-18(30-2)19(12-15)31-24(29)14-8-5-4-6-9-14/h4-6,8-12,20H,3,7,26H2,1-2H3,(H,27,28)/t20-/m0/s1. The van der Waals surface area contributed by atoms with E-state index >= 15 is 0 Å². The number of H-pyrrole nitrogens is 1. The number of aromatic amines is 1. The molecule has 8 heteroatoms. The van der Waals surface area contributed by atoms with Crippen molar-refractivity contribution in [2.75, 3.05) is 7.11 Å². The van der Waals surface area contributed by atoms with E-state index in [-0.39, 0.29) is 17.2 Å². The average Bonchev–Trinajstić information content (AvgIpc) is 3.20. The molecule has 0 aliphatic carbocycles. The van der Waals surface area contributed by atoms with Crippen LogP contribution in [0.5, 0.6) is 17.4 Å². The number of nitrogens with zero attached hydrogens (tertiary/aromatic N) is 2. The Morgan fingerprint density at radius 2 is 2.03 bits per heavy atom. The van der Waals surface area contributed by atoms with E-state index in [1.54, 1.807) is 36.4 Å². The average molecular weight is 430 g/mol. The van der Waals surface area contributed by atoms with Crippen molar-refractivity contribution >= 4 is 5.97 Å². The zero-order chi connectivity index (χ0) is 22.7. The zero-order valence-electron chi connectivity index (χ0n) is 17.7. The normalized spacial score (nSPS) is 14.8. The van der Waals surface area contributed by atoms with Gasteiger partial charge in [-0.2, -0.15) is 5.26 Å². The Morgan fingerprint density at radius 3 is 2.72 bits per heavy atom. The summed E-state index contributed by atoms with van der Waals surface area (Å²) in [5.74, 6) is -0.0692. The minimum Gasteiger partial charge on any atom is -0.493 e.